The average molecular weight is 409 g/mol. The molecule has 162 valence electrons. The maximum absolute atomic E-state index is 12.9. The van der Waals surface area contributed by atoms with Gasteiger partial charge in [-0.1, -0.05) is 101 Å². The Morgan fingerprint density at radius 1 is 0.700 bits per heavy atom. The molecule has 0 aliphatic rings. The van der Waals surface area contributed by atoms with Crippen molar-refractivity contribution in [3.63, 3.8) is 0 Å². The molecule has 30 heavy (non-hydrogen) atoms. The molecule has 2 rings (SSSR count). The van der Waals surface area contributed by atoms with Crippen LogP contribution in [-0.4, -0.2) is 18.4 Å². The number of para-hydroxylation sites is 2. The molecule has 0 saturated carbocycles. The van der Waals surface area contributed by atoms with Crippen LogP contribution in [0.5, 0.6) is 0 Å². The van der Waals surface area contributed by atoms with E-state index >= 15 is 0 Å². The van der Waals surface area contributed by atoms with Gasteiger partial charge in [-0.25, -0.2) is 0 Å². The maximum atomic E-state index is 12.9. The van der Waals surface area contributed by atoms with Crippen LogP contribution in [0.3, 0.4) is 0 Å². The first kappa shape index (κ1) is 23.7. The summed E-state index contributed by atoms with van der Waals surface area (Å²) in [5, 5.41) is 2.70. The van der Waals surface area contributed by atoms with Crippen molar-refractivity contribution in [2.24, 2.45) is 0 Å². The van der Waals surface area contributed by atoms with Gasteiger partial charge in [0.25, 0.3) is 0 Å². The molecule has 4 nitrogen and oxygen atoms in total. The van der Waals surface area contributed by atoms with E-state index in [4.69, 9.17) is 0 Å². The van der Waals surface area contributed by atoms with Gasteiger partial charge in [0.05, 0.1) is 0 Å². The molecule has 0 spiro atoms. The summed E-state index contributed by atoms with van der Waals surface area (Å²) in [4.78, 5) is 27.0. The van der Waals surface area contributed by atoms with Gasteiger partial charge in [-0.2, -0.15) is 0 Å². The van der Waals surface area contributed by atoms with Gasteiger partial charge in [-0.15, -0.1) is 0 Å². The van der Waals surface area contributed by atoms with Crippen LogP contribution < -0.4 is 10.2 Å². The van der Waals surface area contributed by atoms with Crippen LogP contribution in [-0.2, 0) is 9.59 Å². The number of rotatable bonds is 13. The third-order valence-electron chi connectivity index (χ3n) is 5.27. The number of amides is 2. The van der Waals surface area contributed by atoms with Crippen LogP contribution in [0.25, 0.3) is 0 Å². The summed E-state index contributed by atoms with van der Waals surface area (Å²) < 4.78 is 0. The fraction of sp³-hybridized carbons (Fsp3) is 0.462. The van der Waals surface area contributed by atoms with Crippen molar-refractivity contribution in [2.75, 3.05) is 16.8 Å². The maximum Gasteiger partial charge on any atom is 0.316 e. The Kier molecular flexibility index (Phi) is 11.3. The molecule has 0 aliphatic heterocycles. The van der Waals surface area contributed by atoms with Crippen molar-refractivity contribution >= 4 is 23.2 Å². The van der Waals surface area contributed by atoms with E-state index in [1.807, 2.05) is 48.5 Å². The molecule has 2 aromatic carbocycles. The second-order valence-corrected chi connectivity index (χ2v) is 7.79. The van der Waals surface area contributed by atoms with E-state index in [0.29, 0.717) is 12.2 Å². The second-order valence-electron chi connectivity index (χ2n) is 7.79. The Morgan fingerprint density at radius 2 is 1.20 bits per heavy atom. The highest BCUT2D eigenvalue weighted by Crippen LogP contribution is 2.17. The molecule has 4 heteroatoms. The predicted molar refractivity (Wildman–Crippen MR) is 126 cm³/mol. The number of hydrogen-bond donors (Lipinski definition) is 1. The number of nitrogens with zero attached hydrogens (tertiary/aromatic N) is 1. The lowest BCUT2D eigenvalue weighted by Gasteiger charge is -2.22. The van der Waals surface area contributed by atoms with Crippen LogP contribution in [0, 0.1) is 0 Å². The number of unbranched alkanes of at least 4 members (excludes halogenated alkanes) is 9. The second kappa shape index (κ2) is 14.4. The Hall–Kier alpha value is -2.62. The topological polar surface area (TPSA) is 49.4 Å². The Labute approximate surface area is 181 Å². The summed E-state index contributed by atoms with van der Waals surface area (Å²) in [5.74, 6) is -1.11. The molecule has 0 radical (unpaired) electrons. The highest BCUT2D eigenvalue weighted by Gasteiger charge is 2.23. The molecule has 0 unspecified atom stereocenters. The van der Waals surface area contributed by atoms with Gasteiger partial charge in [0.1, 0.15) is 0 Å². The third-order valence-corrected chi connectivity index (χ3v) is 5.27. The lowest BCUT2D eigenvalue weighted by Crippen LogP contribution is -2.40. The first-order valence-corrected chi connectivity index (χ1v) is 11.5. The third kappa shape index (κ3) is 8.81. The molecule has 0 heterocycles. The van der Waals surface area contributed by atoms with E-state index in [2.05, 4.69) is 12.2 Å². The van der Waals surface area contributed by atoms with Crippen molar-refractivity contribution < 1.29 is 9.59 Å². The SMILES string of the molecule is CCCCCCCCCCCCN(C(=O)C(=O)Nc1ccccc1)c1ccccc1. The highest BCUT2D eigenvalue weighted by atomic mass is 16.2. The molecule has 0 fully saturated rings. The van der Waals surface area contributed by atoms with Gasteiger partial charge in [-0.3, -0.25) is 9.59 Å². The molecular formula is C26H36N2O2. The van der Waals surface area contributed by atoms with E-state index in [1.165, 1.54) is 51.4 Å². The standard InChI is InChI=1S/C26H36N2O2/c1-2-3-4-5-6-7-8-9-10-17-22-28(24-20-15-12-16-21-24)26(30)25(29)27-23-18-13-11-14-19-23/h11-16,18-21H,2-10,17,22H2,1H3,(H,27,29). The quantitative estimate of drug-likeness (QED) is 0.301. The zero-order valence-corrected chi connectivity index (χ0v) is 18.3. The van der Waals surface area contributed by atoms with Crippen LogP contribution in [0.4, 0.5) is 11.4 Å². The van der Waals surface area contributed by atoms with Crippen molar-refractivity contribution in [3.8, 4) is 0 Å². The Balaban J connectivity index is 1.79. The molecule has 0 atom stereocenters. The number of anilines is 2. The minimum absolute atomic E-state index is 0.513. The van der Waals surface area contributed by atoms with Crippen molar-refractivity contribution in [3.05, 3.63) is 60.7 Å². The monoisotopic (exact) mass is 408 g/mol. The first-order valence-electron chi connectivity index (χ1n) is 11.5. The number of nitrogens with one attached hydrogen (secondary N) is 1. The molecule has 0 saturated heterocycles. The fourth-order valence-corrected chi connectivity index (χ4v) is 3.54. The van der Waals surface area contributed by atoms with E-state index in [-0.39, 0.29) is 0 Å². The molecule has 1 N–H and O–H groups in total. The van der Waals surface area contributed by atoms with Crippen LogP contribution >= 0.6 is 0 Å². The molecule has 0 bridgehead atoms. The van der Waals surface area contributed by atoms with Gasteiger partial charge in [0.2, 0.25) is 0 Å². The van der Waals surface area contributed by atoms with Crippen molar-refractivity contribution in [1.29, 1.82) is 0 Å². The smallest absolute Gasteiger partial charge is 0.316 e. The van der Waals surface area contributed by atoms with Crippen LogP contribution in [0.1, 0.15) is 71.1 Å². The zero-order valence-electron chi connectivity index (χ0n) is 18.3. The van der Waals surface area contributed by atoms with Crippen molar-refractivity contribution in [2.45, 2.75) is 71.1 Å². The lowest BCUT2D eigenvalue weighted by atomic mass is 10.1. The summed E-state index contributed by atoms with van der Waals surface area (Å²) in [5.41, 5.74) is 1.39. The molecular weight excluding hydrogens is 372 g/mol. The minimum atomic E-state index is -0.600. The van der Waals surface area contributed by atoms with Crippen molar-refractivity contribution in [1.82, 2.24) is 0 Å². The molecule has 0 aliphatic carbocycles. The normalized spacial score (nSPS) is 10.6. The molecule has 0 aromatic heterocycles. The summed E-state index contributed by atoms with van der Waals surface area (Å²) in [6, 6.07) is 18.6. The number of carbonyl (C=O) groups is 2. The molecule has 2 amide bonds. The van der Waals surface area contributed by atoms with Crippen LogP contribution in [0.15, 0.2) is 60.7 Å². The van der Waals surface area contributed by atoms with E-state index < -0.39 is 11.8 Å². The Morgan fingerprint density at radius 3 is 1.77 bits per heavy atom. The van der Waals surface area contributed by atoms with Gasteiger partial charge >= 0.3 is 11.8 Å². The van der Waals surface area contributed by atoms with Gasteiger partial charge < -0.3 is 10.2 Å². The number of hydrogen-bond acceptors (Lipinski definition) is 2. The van der Waals surface area contributed by atoms with Gasteiger partial charge in [-0.05, 0) is 30.7 Å². The fourth-order valence-electron chi connectivity index (χ4n) is 3.54. The van der Waals surface area contributed by atoms with Gasteiger partial charge in [0.15, 0.2) is 0 Å². The summed E-state index contributed by atoms with van der Waals surface area (Å²) in [6.45, 7) is 2.80. The van der Waals surface area contributed by atoms with E-state index in [1.54, 1.807) is 17.0 Å². The summed E-state index contributed by atoms with van der Waals surface area (Å²) in [7, 11) is 0. The average Bonchev–Trinajstić information content (AvgIpc) is 2.78. The van der Waals surface area contributed by atoms with E-state index in [9.17, 15) is 9.59 Å². The van der Waals surface area contributed by atoms with Gasteiger partial charge in [0, 0.05) is 17.9 Å². The zero-order chi connectivity index (χ0) is 21.4. The predicted octanol–water partition coefficient (Wildman–Crippen LogP) is 6.58. The highest BCUT2D eigenvalue weighted by molar-refractivity contribution is 6.44. The summed E-state index contributed by atoms with van der Waals surface area (Å²) in [6.07, 6.45) is 12.4. The lowest BCUT2D eigenvalue weighted by molar-refractivity contribution is -0.134. The van der Waals surface area contributed by atoms with E-state index in [0.717, 1.165) is 18.5 Å². The number of benzene rings is 2. The summed E-state index contributed by atoms with van der Waals surface area (Å²) >= 11 is 0. The first-order chi connectivity index (χ1) is 14.7. The largest absolute Gasteiger partial charge is 0.318 e. The minimum Gasteiger partial charge on any atom is -0.318 e. The molecule has 2 aromatic rings. The van der Waals surface area contributed by atoms with Crippen LogP contribution in [0.2, 0.25) is 0 Å². The number of carbonyl (C=O) groups excluding carboxylic acids is 2. The Bertz CT molecular complexity index is 731.